The van der Waals surface area contributed by atoms with Crippen LogP contribution < -0.4 is 51.4 Å². The third-order valence-electron chi connectivity index (χ3n) is 0. The average molecular weight is 174 g/mol. The van der Waals surface area contributed by atoms with Gasteiger partial charge in [0.2, 0.25) is 0 Å². The Labute approximate surface area is 97.0 Å². The van der Waals surface area contributed by atoms with Gasteiger partial charge in [-0.2, -0.15) is 0 Å². The molecular formula is CHCrFeKN-. The summed E-state index contributed by atoms with van der Waals surface area (Å²) >= 11 is 0. The first-order chi connectivity index (χ1) is 1.00. The second-order valence-corrected chi connectivity index (χ2v) is 0. The van der Waals surface area contributed by atoms with E-state index in [-0.39, 0.29) is 87.2 Å². The van der Waals surface area contributed by atoms with E-state index < -0.39 is 0 Å². The van der Waals surface area contributed by atoms with Crippen LogP contribution in [0.25, 0.3) is 0 Å². The third kappa shape index (κ3) is 22.7. The van der Waals surface area contributed by atoms with Gasteiger partial charge in [0, 0.05) is 34.4 Å². The fraction of sp³-hybridized carbons (Fsp3) is 0. The van der Waals surface area contributed by atoms with Gasteiger partial charge in [0.25, 0.3) is 0 Å². The van der Waals surface area contributed by atoms with Crippen LogP contribution in [0, 0.1) is 11.8 Å². The molecule has 4 heteroatoms. The van der Waals surface area contributed by atoms with Crippen LogP contribution in [0.2, 0.25) is 0 Å². The Balaban J connectivity index is -0.000000000833. The molecule has 0 N–H and O–H groups in total. The smallest absolute Gasteiger partial charge is 1.00 e. The molecule has 0 amide bonds. The molecule has 26 valence electrons. The molecule has 0 spiro atoms. The van der Waals surface area contributed by atoms with E-state index in [0.717, 1.165) is 0 Å². The van der Waals surface area contributed by atoms with Crippen molar-refractivity contribution in [2.24, 2.45) is 0 Å². The average Bonchev–Trinajstić information content (AvgIpc) is 1.00. The molecule has 0 radical (unpaired) electrons. The Kier molecular flexibility index (Phi) is 189. The van der Waals surface area contributed by atoms with Gasteiger partial charge in [-0.05, 0) is 0 Å². The fourth-order valence-corrected chi connectivity index (χ4v) is 0. The van der Waals surface area contributed by atoms with Crippen molar-refractivity contribution in [3.05, 3.63) is 6.57 Å². The first-order valence-corrected chi connectivity index (χ1v) is 0.224. The zero-order valence-electron chi connectivity index (χ0n) is 3.71. The van der Waals surface area contributed by atoms with Gasteiger partial charge in [-0.25, -0.2) is 0 Å². The third-order valence-corrected chi connectivity index (χ3v) is 0. The largest absolute Gasteiger partial charge is 1.00 e. The van der Waals surface area contributed by atoms with Gasteiger partial charge >= 0.3 is 51.4 Å². The Morgan fingerprint density at radius 2 is 1.40 bits per heavy atom. The first-order valence-electron chi connectivity index (χ1n) is 0.224. The van der Waals surface area contributed by atoms with Gasteiger partial charge in [-0.1, -0.05) is 0 Å². The summed E-state index contributed by atoms with van der Waals surface area (Å²) in [5.41, 5.74) is 0. The first kappa shape index (κ1) is 27.1. The summed E-state index contributed by atoms with van der Waals surface area (Å²) in [5, 5.41) is 6.25. The van der Waals surface area contributed by atoms with Crippen LogP contribution in [0.4, 0.5) is 0 Å². The molecule has 0 aliphatic carbocycles. The molecule has 0 aliphatic heterocycles. The molecular weight excluding hydrogens is 173 g/mol. The van der Waals surface area contributed by atoms with Crippen LogP contribution in [-0.2, 0) is 34.4 Å². The van der Waals surface area contributed by atoms with Crippen LogP contribution in [0.3, 0.4) is 0 Å². The van der Waals surface area contributed by atoms with Crippen molar-refractivity contribution in [3.8, 4) is 0 Å². The molecule has 0 fully saturated rings. The summed E-state index contributed by atoms with van der Waals surface area (Å²) in [7, 11) is 0. The van der Waals surface area contributed by atoms with Crippen molar-refractivity contribution >= 4 is 0 Å². The second-order valence-electron chi connectivity index (χ2n) is 0. The van der Waals surface area contributed by atoms with Gasteiger partial charge in [-0.15, -0.1) is 0 Å². The van der Waals surface area contributed by atoms with E-state index in [1.54, 1.807) is 0 Å². The molecule has 0 aromatic carbocycles. The van der Waals surface area contributed by atoms with Crippen molar-refractivity contribution in [1.82, 2.24) is 0 Å². The molecule has 0 saturated heterocycles. The normalized spacial score (nSPS) is 0.400. The summed E-state index contributed by atoms with van der Waals surface area (Å²) < 4.78 is 0. The molecule has 0 heterocycles. The summed E-state index contributed by atoms with van der Waals surface area (Å²) in [6, 6.07) is 0. The van der Waals surface area contributed by atoms with Crippen molar-refractivity contribution in [2.45, 2.75) is 0 Å². The van der Waals surface area contributed by atoms with E-state index in [9.17, 15) is 0 Å². The van der Waals surface area contributed by atoms with Gasteiger partial charge in [0.1, 0.15) is 0 Å². The van der Waals surface area contributed by atoms with Gasteiger partial charge < -0.3 is 13.3 Å². The van der Waals surface area contributed by atoms with E-state index >= 15 is 0 Å². The predicted octanol–water partition coefficient (Wildman–Crippen LogP) is -2.79. The summed E-state index contributed by atoms with van der Waals surface area (Å²) in [4.78, 5) is 0. The molecule has 0 rings (SSSR count). The van der Waals surface area contributed by atoms with Crippen LogP contribution in [0.5, 0.6) is 0 Å². The molecule has 0 unspecified atom stereocenters. The van der Waals surface area contributed by atoms with E-state index in [2.05, 4.69) is 0 Å². The van der Waals surface area contributed by atoms with Gasteiger partial charge in [-0.3, -0.25) is 0 Å². The summed E-state index contributed by atoms with van der Waals surface area (Å²) in [5.74, 6) is 0. The zero-order chi connectivity index (χ0) is 2.00. The topological polar surface area (TPSA) is 23.8 Å². The van der Waals surface area contributed by atoms with Crippen molar-refractivity contribution in [1.29, 1.82) is 5.26 Å². The van der Waals surface area contributed by atoms with E-state index in [0.29, 0.717) is 0 Å². The van der Waals surface area contributed by atoms with Gasteiger partial charge in [0.15, 0.2) is 0 Å². The Morgan fingerprint density at radius 3 is 1.40 bits per heavy atom. The molecule has 0 aromatic heterocycles. The van der Waals surface area contributed by atoms with Crippen molar-refractivity contribution < 1.29 is 87.2 Å². The van der Waals surface area contributed by atoms with Crippen LogP contribution in [0.15, 0.2) is 0 Å². The van der Waals surface area contributed by atoms with Crippen molar-refractivity contribution in [2.75, 3.05) is 0 Å². The van der Waals surface area contributed by atoms with Crippen LogP contribution in [0.1, 0.15) is 1.43 Å². The Hall–Kier alpha value is 2.18. The SMILES string of the molecule is [C-]#N.[Cr].[Fe].[H-].[K+]. The standard InChI is InChI=1S/CN.Cr.Fe.K.H/c1-2;;;;/q-1;;;+1;-1. The Morgan fingerprint density at radius 1 is 1.40 bits per heavy atom. The monoisotopic (exact) mass is 174 g/mol. The molecule has 0 saturated carbocycles. The van der Waals surface area contributed by atoms with Gasteiger partial charge in [0.05, 0.1) is 0 Å². The van der Waals surface area contributed by atoms with Crippen molar-refractivity contribution in [3.63, 3.8) is 0 Å². The summed E-state index contributed by atoms with van der Waals surface area (Å²) in [6.07, 6.45) is 0. The molecule has 1 nitrogen and oxygen atoms in total. The van der Waals surface area contributed by atoms with E-state index in [1.807, 2.05) is 0 Å². The summed E-state index contributed by atoms with van der Waals surface area (Å²) in [6.45, 7) is 4.75. The maximum atomic E-state index is 6.25. The van der Waals surface area contributed by atoms with Crippen LogP contribution >= 0.6 is 0 Å². The minimum Gasteiger partial charge on any atom is -1.00 e. The Bertz CT molecular complexity index is 20.3. The number of nitrogens with zero attached hydrogens (tertiary/aromatic N) is 1. The maximum Gasteiger partial charge on any atom is 1.00 e. The quantitative estimate of drug-likeness (QED) is 0.287. The zero-order valence-corrected chi connectivity index (χ0v) is 8.21. The second kappa shape index (κ2) is 34.9. The molecule has 5 heavy (non-hydrogen) atoms. The minimum absolute atomic E-state index is 0. The minimum atomic E-state index is 0. The predicted molar refractivity (Wildman–Crippen MR) is 6.08 cm³/mol. The maximum absolute atomic E-state index is 6.25. The molecule has 0 atom stereocenters. The molecule has 0 bridgehead atoms. The molecule has 0 aromatic rings. The fourth-order valence-electron chi connectivity index (χ4n) is 0. The number of hydrogen-bond donors (Lipinski definition) is 0. The van der Waals surface area contributed by atoms with E-state index in [1.165, 1.54) is 0 Å². The van der Waals surface area contributed by atoms with Crippen LogP contribution in [-0.4, -0.2) is 0 Å². The number of hydrogen-bond acceptors (Lipinski definition) is 1. The van der Waals surface area contributed by atoms with E-state index in [4.69, 9.17) is 11.8 Å². The molecule has 0 aliphatic rings. The number of rotatable bonds is 0.